The molecule has 20 heavy (non-hydrogen) atoms. The topological polar surface area (TPSA) is 60.7 Å². The summed E-state index contributed by atoms with van der Waals surface area (Å²) in [6, 6.07) is 7.92. The molecule has 1 aliphatic carbocycles. The van der Waals surface area contributed by atoms with Crippen molar-refractivity contribution < 1.29 is 4.74 Å². The quantitative estimate of drug-likeness (QED) is 0.653. The summed E-state index contributed by atoms with van der Waals surface area (Å²) >= 11 is 0. The minimum atomic E-state index is 0.321. The highest BCUT2D eigenvalue weighted by Gasteiger charge is 2.08. The molecule has 0 radical (unpaired) electrons. The van der Waals surface area contributed by atoms with Gasteiger partial charge in [-0.2, -0.15) is 5.10 Å². The Kier molecular flexibility index (Phi) is 4.20. The van der Waals surface area contributed by atoms with Crippen LogP contribution in [0.1, 0.15) is 0 Å². The predicted octanol–water partition coefficient (Wildman–Crippen LogP) is 2.64. The van der Waals surface area contributed by atoms with E-state index in [1.807, 2.05) is 43.3 Å². The van der Waals surface area contributed by atoms with Crippen LogP contribution in [0.15, 0.2) is 53.4 Å². The number of nitrogens with one attached hydrogen (secondary N) is 2. The monoisotopic (exact) mass is 270 g/mol. The van der Waals surface area contributed by atoms with Crippen LogP contribution in [0.5, 0.6) is 0 Å². The van der Waals surface area contributed by atoms with E-state index < -0.39 is 0 Å². The lowest BCUT2D eigenvalue weighted by Crippen LogP contribution is -2.14. The normalized spacial score (nSPS) is 16.1. The molecule has 0 fully saturated rings. The van der Waals surface area contributed by atoms with Crippen molar-refractivity contribution in [3.05, 3.63) is 48.3 Å². The number of hydrazone groups is 1. The van der Waals surface area contributed by atoms with E-state index in [2.05, 4.69) is 10.5 Å². The fraction of sp³-hybridized carbons (Fsp3) is 0.200. The van der Waals surface area contributed by atoms with Crippen LogP contribution in [-0.2, 0) is 4.74 Å². The van der Waals surface area contributed by atoms with Crippen molar-refractivity contribution in [2.75, 3.05) is 31.5 Å². The second-order valence-corrected chi connectivity index (χ2v) is 4.55. The highest BCUT2D eigenvalue weighted by molar-refractivity contribution is 6.50. The van der Waals surface area contributed by atoms with Gasteiger partial charge in [0.15, 0.2) is 0 Å². The number of benzene rings is 1. The first-order valence-electron chi connectivity index (χ1n) is 6.24. The summed E-state index contributed by atoms with van der Waals surface area (Å²) in [5, 5.41) is 12.1. The van der Waals surface area contributed by atoms with Gasteiger partial charge in [0.25, 0.3) is 0 Å². The van der Waals surface area contributed by atoms with Crippen LogP contribution in [0.25, 0.3) is 0 Å². The maximum Gasteiger partial charge on any atom is 0.121 e. The van der Waals surface area contributed by atoms with Crippen LogP contribution in [0, 0.1) is 5.41 Å². The van der Waals surface area contributed by atoms with Gasteiger partial charge in [-0.15, -0.1) is 0 Å². The summed E-state index contributed by atoms with van der Waals surface area (Å²) in [6.07, 6.45) is 5.17. The zero-order valence-corrected chi connectivity index (χ0v) is 11.8. The highest BCUT2D eigenvalue weighted by Crippen LogP contribution is 2.16. The lowest BCUT2D eigenvalue weighted by atomic mass is 10.1. The Morgan fingerprint density at radius 1 is 1.15 bits per heavy atom. The number of hydrogen-bond donors (Lipinski definition) is 2. The van der Waals surface area contributed by atoms with E-state index in [1.54, 1.807) is 25.3 Å². The van der Waals surface area contributed by atoms with Crippen LogP contribution in [0.3, 0.4) is 0 Å². The van der Waals surface area contributed by atoms with Crippen molar-refractivity contribution in [1.82, 2.24) is 0 Å². The summed E-state index contributed by atoms with van der Waals surface area (Å²) in [6.45, 7) is 0. The molecule has 2 N–H and O–H groups in total. The van der Waals surface area contributed by atoms with Gasteiger partial charge in [-0.1, -0.05) is 0 Å². The second-order valence-electron chi connectivity index (χ2n) is 4.55. The average Bonchev–Trinajstić information content (AvgIpc) is 2.46. The van der Waals surface area contributed by atoms with Crippen LogP contribution in [-0.4, -0.2) is 32.6 Å². The van der Waals surface area contributed by atoms with Crippen LogP contribution >= 0.6 is 0 Å². The summed E-state index contributed by atoms with van der Waals surface area (Å²) in [5.41, 5.74) is 5.85. The van der Waals surface area contributed by atoms with Gasteiger partial charge in [0.1, 0.15) is 11.5 Å². The second kappa shape index (κ2) is 6.06. The SMILES string of the molecule is COC1=CC(=N)/C(=N\Nc2ccc(N(C)C)cc2)C=C1. The molecular weight excluding hydrogens is 252 g/mol. The molecule has 0 bridgehead atoms. The number of ether oxygens (including phenoxy) is 1. The van der Waals surface area contributed by atoms with E-state index in [0.29, 0.717) is 17.2 Å². The van der Waals surface area contributed by atoms with Crippen molar-refractivity contribution >= 4 is 22.8 Å². The summed E-state index contributed by atoms with van der Waals surface area (Å²) in [7, 11) is 5.57. The lowest BCUT2D eigenvalue weighted by molar-refractivity contribution is 0.307. The molecule has 5 nitrogen and oxygen atoms in total. The third-order valence-electron chi connectivity index (χ3n) is 2.89. The summed E-state index contributed by atoms with van der Waals surface area (Å²) < 4.78 is 5.06. The van der Waals surface area contributed by atoms with Crippen LogP contribution < -0.4 is 10.3 Å². The van der Waals surface area contributed by atoms with Gasteiger partial charge in [-0.3, -0.25) is 10.8 Å². The number of nitrogens with zero attached hydrogens (tertiary/aromatic N) is 2. The maximum atomic E-state index is 7.85. The van der Waals surface area contributed by atoms with E-state index in [9.17, 15) is 0 Å². The molecule has 0 saturated heterocycles. The van der Waals surface area contributed by atoms with Crippen molar-refractivity contribution in [3.63, 3.8) is 0 Å². The Balaban J connectivity index is 2.05. The summed E-state index contributed by atoms with van der Waals surface area (Å²) in [5.74, 6) is 0.657. The standard InChI is InChI=1S/C15H18N4O/c1-19(2)12-6-4-11(5-7-12)17-18-15-9-8-13(20-3)10-14(15)16/h4-10,16-17H,1-3H3/b16-14?,18-15-. The average molecular weight is 270 g/mol. The van der Waals surface area contributed by atoms with E-state index in [4.69, 9.17) is 10.1 Å². The molecule has 1 aromatic carbocycles. The Labute approximate surface area is 118 Å². The van der Waals surface area contributed by atoms with Gasteiger partial charge >= 0.3 is 0 Å². The predicted molar refractivity (Wildman–Crippen MR) is 83.8 cm³/mol. The Bertz CT molecular complexity index is 582. The van der Waals surface area contributed by atoms with Crippen molar-refractivity contribution in [2.45, 2.75) is 0 Å². The molecule has 0 aromatic heterocycles. The molecule has 0 aliphatic heterocycles. The minimum absolute atomic E-state index is 0.321. The van der Waals surface area contributed by atoms with Gasteiger partial charge in [0.05, 0.1) is 18.5 Å². The minimum Gasteiger partial charge on any atom is -0.497 e. The van der Waals surface area contributed by atoms with E-state index in [0.717, 1.165) is 11.4 Å². The van der Waals surface area contributed by atoms with Crippen molar-refractivity contribution in [1.29, 1.82) is 5.41 Å². The lowest BCUT2D eigenvalue weighted by Gasteiger charge is -2.13. The van der Waals surface area contributed by atoms with Gasteiger partial charge < -0.3 is 9.64 Å². The number of methoxy groups -OCH3 is 1. The number of allylic oxidation sites excluding steroid dienone is 3. The third-order valence-corrected chi connectivity index (χ3v) is 2.89. The zero-order valence-electron chi connectivity index (χ0n) is 11.8. The van der Waals surface area contributed by atoms with Crippen molar-refractivity contribution in [3.8, 4) is 0 Å². The first-order chi connectivity index (χ1) is 9.60. The van der Waals surface area contributed by atoms with E-state index in [-0.39, 0.29) is 0 Å². The fourth-order valence-corrected chi connectivity index (χ4v) is 1.70. The largest absolute Gasteiger partial charge is 0.497 e. The first kappa shape index (κ1) is 13.9. The van der Waals surface area contributed by atoms with Gasteiger partial charge in [0, 0.05) is 25.9 Å². The van der Waals surface area contributed by atoms with Gasteiger partial charge in [-0.25, -0.2) is 0 Å². The number of anilines is 2. The van der Waals surface area contributed by atoms with Crippen molar-refractivity contribution in [2.24, 2.45) is 5.10 Å². The molecule has 0 atom stereocenters. The molecule has 104 valence electrons. The van der Waals surface area contributed by atoms with E-state index >= 15 is 0 Å². The Hall–Kier alpha value is -2.56. The molecule has 5 heteroatoms. The zero-order chi connectivity index (χ0) is 14.5. The van der Waals surface area contributed by atoms with E-state index in [1.165, 1.54) is 0 Å². The smallest absolute Gasteiger partial charge is 0.121 e. The Morgan fingerprint density at radius 2 is 1.85 bits per heavy atom. The molecular formula is C15H18N4O. The van der Waals surface area contributed by atoms with Gasteiger partial charge in [-0.05, 0) is 36.4 Å². The van der Waals surface area contributed by atoms with Gasteiger partial charge in [0.2, 0.25) is 0 Å². The molecule has 0 heterocycles. The Morgan fingerprint density at radius 3 is 2.40 bits per heavy atom. The third kappa shape index (κ3) is 3.26. The number of rotatable bonds is 4. The summed E-state index contributed by atoms with van der Waals surface area (Å²) in [4.78, 5) is 2.03. The maximum absolute atomic E-state index is 7.85. The highest BCUT2D eigenvalue weighted by atomic mass is 16.5. The first-order valence-corrected chi connectivity index (χ1v) is 6.24. The molecule has 2 rings (SSSR count). The fourth-order valence-electron chi connectivity index (χ4n) is 1.70. The molecule has 0 amide bonds. The number of hydrogen-bond acceptors (Lipinski definition) is 5. The van der Waals surface area contributed by atoms with Crippen LogP contribution in [0.2, 0.25) is 0 Å². The molecule has 1 aliphatic rings. The molecule has 0 unspecified atom stereocenters. The van der Waals surface area contributed by atoms with Crippen LogP contribution in [0.4, 0.5) is 11.4 Å². The molecule has 1 aromatic rings. The molecule has 0 saturated carbocycles. The molecule has 0 spiro atoms.